The Bertz CT molecular complexity index is 380. The molecule has 0 aliphatic heterocycles. The Hall–Kier alpha value is -0.930. The van der Waals surface area contributed by atoms with Crippen molar-refractivity contribution in [2.45, 2.75) is 26.2 Å². The minimum atomic E-state index is 0.0805. The fourth-order valence-electron chi connectivity index (χ4n) is 1.93. The molecular formula is C12H18ClNO2. The van der Waals surface area contributed by atoms with Crippen LogP contribution in [0.3, 0.4) is 0 Å². The predicted octanol–water partition coefficient (Wildman–Crippen LogP) is 2.81. The fourth-order valence-corrected chi connectivity index (χ4v) is 2.14. The highest BCUT2D eigenvalue weighted by Gasteiger charge is 2.19. The molecule has 3 nitrogen and oxygen atoms in total. The van der Waals surface area contributed by atoms with E-state index in [4.69, 9.17) is 22.1 Å². The molecule has 3 N–H and O–H groups in total. The van der Waals surface area contributed by atoms with Crippen LogP contribution in [0.2, 0.25) is 5.02 Å². The molecule has 0 saturated carbocycles. The van der Waals surface area contributed by atoms with Gasteiger partial charge in [-0.05, 0) is 31.4 Å². The van der Waals surface area contributed by atoms with Crippen molar-refractivity contribution in [2.24, 2.45) is 5.73 Å². The summed E-state index contributed by atoms with van der Waals surface area (Å²) in [5.74, 6) is 0.796. The molecule has 0 aliphatic rings. The van der Waals surface area contributed by atoms with Gasteiger partial charge in [-0.1, -0.05) is 18.5 Å². The van der Waals surface area contributed by atoms with Crippen LogP contribution in [0.5, 0.6) is 11.5 Å². The van der Waals surface area contributed by atoms with E-state index in [9.17, 15) is 5.11 Å². The molecule has 1 aromatic rings. The number of aromatic hydroxyl groups is 1. The van der Waals surface area contributed by atoms with Gasteiger partial charge in [-0.25, -0.2) is 0 Å². The van der Waals surface area contributed by atoms with Crippen LogP contribution in [-0.4, -0.2) is 18.8 Å². The zero-order valence-electron chi connectivity index (χ0n) is 9.88. The van der Waals surface area contributed by atoms with Crippen molar-refractivity contribution in [3.63, 3.8) is 0 Å². The molecule has 1 atom stereocenters. The van der Waals surface area contributed by atoms with E-state index < -0.39 is 0 Å². The van der Waals surface area contributed by atoms with Crippen LogP contribution in [0.4, 0.5) is 0 Å². The molecule has 90 valence electrons. The summed E-state index contributed by atoms with van der Waals surface area (Å²) in [5.41, 5.74) is 7.43. The van der Waals surface area contributed by atoms with Crippen molar-refractivity contribution in [3.8, 4) is 11.5 Å². The molecule has 16 heavy (non-hydrogen) atoms. The lowest BCUT2D eigenvalue weighted by Crippen LogP contribution is -2.07. The van der Waals surface area contributed by atoms with E-state index in [2.05, 4.69) is 0 Å². The third-order valence-electron chi connectivity index (χ3n) is 2.80. The van der Waals surface area contributed by atoms with E-state index in [0.29, 0.717) is 17.3 Å². The maximum Gasteiger partial charge on any atom is 0.164 e. The molecule has 1 aromatic carbocycles. The second-order valence-electron chi connectivity index (χ2n) is 3.93. The molecule has 1 unspecified atom stereocenters. The molecule has 0 aliphatic carbocycles. The molecule has 0 amide bonds. The lowest BCUT2D eigenvalue weighted by Gasteiger charge is -2.19. The fraction of sp³-hybridized carbons (Fsp3) is 0.500. The lowest BCUT2D eigenvalue weighted by molar-refractivity contribution is 0.365. The number of hydrogen-bond acceptors (Lipinski definition) is 3. The average molecular weight is 244 g/mol. The van der Waals surface area contributed by atoms with Gasteiger partial charge in [0.15, 0.2) is 11.5 Å². The summed E-state index contributed by atoms with van der Waals surface area (Å²) in [5, 5.41) is 10.3. The second-order valence-corrected chi connectivity index (χ2v) is 4.34. The standard InChI is InChI=1S/C12H18ClNO2/c1-7(4-5-14)11-8(2)9(13)6-10(15)12(11)16-3/h6-7,15H,4-5,14H2,1-3H3. The molecule has 4 heteroatoms. The number of hydrogen-bond donors (Lipinski definition) is 2. The first-order valence-electron chi connectivity index (χ1n) is 5.28. The van der Waals surface area contributed by atoms with Gasteiger partial charge in [0.25, 0.3) is 0 Å². The molecule has 0 radical (unpaired) electrons. The van der Waals surface area contributed by atoms with Crippen LogP contribution in [0, 0.1) is 6.92 Å². The molecule has 0 bridgehead atoms. The first-order valence-corrected chi connectivity index (χ1v) is 5.66. The van der Waals surface area contributed by atoms with E-state index in [-0.39, 0.29) is 11.7 Å². The van der Waals surface area contributed by atoms with Gasteiger partial charge in [-0.2, -0.15) is 0 Å². The smallest absolute Gasteiger partial charge is 0.164 e. The van der Waals surface area contributed by atoms with Crippen LogP contribution in [0.1, 0.15) is 30.4 Å². The highest BCUT2D eigenvalue weighted by molar-refractivity contribution is 6.31. The van der Waals surface area contributed by atoms with Gasteiger partial charge in [-0.3, -0.25) is 0 Å². The number of methoxy groups -OCH3 is 1. The van der Waals surface area contributed by atoms with Gasteiger partial charge in [0, 0.05) is 16.7 Å². The predicted molar refractivity (Wildman–Crippen MR) is 66.5 cm³/mol. The van der Waals surface area contributed by atoms with Crippen molar-refractivity contribution in [3.05, 3.63) is 22.2 Å². The molecule has 1 rings (SSSR count). The lowest BCUT2D eigenvalue weighted by atomic mass is 9.92. The van der Waals surface area contributed by atoms with E-state index >= 15 is 0 Å². The maximum absolute atomic E-state index is 9.77. The van der Waals surface area contributed by atoms with Crippen molar-refractivity contribution in [2.75, 3.05) is 13.7 Å². The number of phenols is 1. The van der Waals surface area contributed by atoms with Gasteiger partial charge >= 0.3 is 0 Å². The second kappa shape index (κ2) is 5.41. The minimum Gasteiger partial charge on any atom is -0.504 e. The van der Waals surface area contributed by atoms with Crippen LogP contribution >= 0.6 is 11.6 Å². The first kappa shape index (κ1) is 13.1. The summed E-state index contributed by atoms with van der Waals surface area (Å²) in [6, 6.07) is 1.51. The van der Waals surface area contributed by atoms with Gasteiger partial charge < -0.3 is 15.6 Å². The van der Waals surface area contributed by atoms with Crippen molar-refractivity contribution in [1.82, 2.24) is 0 Å². The van der Waals surface area contributed by atoms with Gasteiger partial charge in [0.1, 0.15) is 0 Å². The van der Waals surface area contributed by atoms with E-state index in [1.165, 1.54) is 6.07 Å². The SMILES string of the molecule is COc1c(O)cc(Cl)c(C)c1C(C)CCN. The van der Waals surface area contributed by atoms with Gasteiger partial charge in [-0.15, -0.1) is 0 Å². The summed E-state index contributed by atoms with van der Waals surface area (Å²) in [6.45, 7) is 4.57. The van der Waals surface area contributed by atoms with Crippen LogP contribution < -0.4 is 10.5 Å². The van der Waals surface area contributed by atoms with E-state index in [1.54, 1.807) is 7.11 Å². The summed E-state index contributed by atoms with van der Waals surface area (Å²) in [4.78, 5) is 0. The monoisotopic (exact) mass is 243 g/mol. The summed E-state index contributed by atoms with van der Waals surface area (Å²) in [6.07, 6.45) is 0.830. The molecular weight excluding hydrogens is 226 g/mol. The zero-order chi connectivity index (χ0) is 12.3. The third-order valence-corrected chi connectivity index (χ3v) is 3.19. The molecule has 0 heterocycles. The molecule has 0 saturated heterocycles. The Labute approximate surface area is 101 Å². The normalized spacial score (nSPS) is 12.6. The largest absolute Gasteiger partial charge is 0.504 e. The van der Waals surface area contributed by atoms with Crippen LogP contribution in [0.25, 0.3) is 0 Å². The zero-order valence-corrected chi connectivity index (χ0v) is 10.6. The Morgan fingerprint density at radius 1 is 1.56 bits per heavy atom. The molecule has 0 spiro atoms. The number of phenolic OH excluding ortho intramolecular Hbond substituents is 1. The van der Waals surface area contributed by atoms with E-state index in [0.717, 1.165) is 17.5 Å². The van der Waals surface area contributed by atoms with Crippen LogP contribution in [-0.2, 0) is 0 Å². The van der Waals surface area contributed by atoms with Gasteiger partial charge in [0.05, 0.1) is 7.11 Å². The Balaban J connectivity index is 3.32. The Kier molecular flexibility index (Phi) is 4.44. The highest BCUT2D eigenvalue weighted by Crippen LogP contribution is 2.41. The third kappa shape index (κ3) is 2.42. The number of rotatable bonds is 4. The van der Waals surface area contributed by atoms with E-state index in [1.807, 2.05) is 13.8 Å². The van der Waals surface area contributed by atoms with Gasteiger partial charge in [0.2, 0.25) is 0 Å². The average Bonchev–Trinajstić information content (AvgIpc) is 2.23. The van der Waals surface area contributed by atoms with Crippen molar-refractivity contribution in [1.29, 1.82) is 0 Å². The molecule has 0 aromatic heterocycles. The minimum absolute atomic E-state index is 0.0805. The highest BCUT2D eigenvalue weighted by atomic mass is 35.5. The summed E-state index contributed by atoms with van der Waals surface area (Å²) >= 11 is 6.05. The quantitative estimate of drug-likeness (QED) is 0.855. The summed E-state index contributed by atoms with van der Waals surface area (Å²) < 4.78 is 5.23. The number of halogens is 1. The van der Waals surface area contributed by atoms with Crippen molar-refractivity contribution >= 4 is 11.6 Å². The molecule has 0 fully saturated rings. The number of ether oxygens (including phenoxy) is 1. The Morgan fingerprint density at radius 3 is 2.69 bits per heavy atom. The van der Waals surface area contributed by atoms with Crippen LogP contribution in [0.15, 0.2) is 6.07 Å². The van der Waals surface area contributed by atoms with Crippen molar-refractivity contribution < 1.29 is 9.84 Å². The Morgan fingerprint density at radius 2 is 2.19 bits per heavy atom. The maximum atomic E-state index is 9.77. The summed E-state index contributed by atoms with van der Waals surface area (Å²) in [7, 11) is 1.54. The first-order chi connectivity index (χ1) is 7.52. The number of benzene rings is 1. The number of nitrogens with two attached hydrogens (primary N) is 1. The topological polar surface area (TPSA) is 55.5 Å².